The van der Waals surface area contributed by atoms with Gasteiger partial charge in [0.05, 0.1) is 6.61 Å². The summed E-state index contributed by atoms with van der Waals surface area (Å²) in [5.41, 5.74) is 0. The molecule has 0 aliphatic carbocycles. The van der Waals surface area contributed by atoms with Crippen molar-refractivity contribution in [2.45, 2.75) is 37.8 Å². The smallest absolute Gasteiger partial charge is 0.163 e. The summed E-state index contributed by atoms with van der Waals surface area (Å²) in [6.45, 7) is 6.31. The first kappa shape index (κ1) is 10.8. The molecule has 2 unspecified atom stereocenters. The molecule has 0 saturated carbocycles. The van der Waals surface area contributed by atoms with Crippen molar-refractivity contribution in [2.24, 2.45) is 0 Å². The van der Waals surface area contributed by atoms with Crippen LogP contribution in [0.4, 0.5) is 0 Å². The Bertz CT molecular complexity index is 252. The number of nitrogens with zero attached hydrogens (tertiary/aromatic N) is 1. The lowest BCUT2D eigenvalue weighted by Gasteiger charge is -2.34. The highest BCUT2D eigenvalue weighted by Gasteiger charge is 2.34. The van der Waals surface area contributed by atoms with Crippen molar-refractivity contribution in [2.75, 3.05) is 19.7 Å². The number of hydrogen-bond acceptors (Lipinski definition) is 3. The van der Waals surface area contributed by atoms with E-state index in [1.807, 2.05) is 0 Å². The molecule has 2 fully saturated rings. The number of carbonyl (C=O) groups excluding carboxylic acids is 1. The molecule has 0 spiro atoms. The summed E-state index contributed by atoms with van der Waals surface area (Å²) in [5, 5.41) is 0. The molecule has 0 aromatic heterocycles. The van der Waals surface area contributed by atoms with E-state index in [0.717, 1.165) is 26.1 Å². The zero-order chi connectivity index (χ0) is 10.7. The van der Waals surface area contributed by atoms with Crippen LogP contribution < -0.4 is 0 Å². The Balaban J connectivity index is 1.84. The van der Waals surface area contributed by atoms with Gasteiger partial charge in [-0.1, -0.05) is 6.08 Å². The largest absolute Gasteiger partial charge is 0.367 e. The van der Waals surface area contributed by atoms with Crippen molar-refractivity contribution in [1.82, 2.24) is 4.90 Å². The normalized spacial score (nSPS) is 31.2. The summed E-state index contributed by atoms with van der Waals surface area (Å²) < 4.78 is 5.63. The number of Topliss-reactive ketones (excluding diaryl/α,β-unsaturated/α-hetero) is 1. The Hall–Kier alpha value is -0.670. The Morgan fingerprint density at radius 3 is 3.27 bits per heavy atom. The third kappa shape index (κ3) is 2.47. The van der Waals surface area contributed by atoms with Crippen LogP contribution in [0.1, 0.15) is 25.7 Å². The average molecular weight is 209 g/mol. The highest BCUT2D eigenvalue weighted by Crippen LogP contribution is 2.23. The third-order valence-electron chi connectivity index (χ3n) is 3.34. The fourth-order valence-electron chi connectivity index (χ4n) is 2.42. The molecule has 2 rings (SSSR count). The van der Waals surface area contributed by atoms with Gasteiger partial charge in [-0.15, -0.1) is 6.58 Å². The minimum absolute atomic E-state index is 0.181. The molecule has 0 aromatic rings. The minimum atomic E-state index is -0.181. The quantitative estimate of drug-likeness (QED) is 0.655. The van der Waals surface area contributed by atoms with Crippen LogP contribution in [-0.2, 0) is 9.53 Å². The second kappa shape index (κ2) is 4.90. The molecule has 0 aromatic carbocycles. The van der Waals surface area contributed by atoms with E-state index >= 15 is 0 Å². The summed E-state index contributed by atoms with van der Waals surface area (Å²) in [7, 11) is 0. The van der Waals surface area contributed by atoms with Crippen molar-refractivity contribution in [1.29, 1.82) is 0 Å². The molecular weight excluding hydrogens is 190 g/mol. The number of hydrogen-bond donors (Lipinski definition) is 0. The van der Waals surface area contributed by atoms with E-state index in [1.54, 1.807) is 6.08 Å². The monoisotopic (exact) mass is 209 g/mol. The molecule has 3 nitrogen and oxygen atoms in total. The van der Waals surface area contributed by atoms with E-state index in [2.05, 4.69) is 11.5 Å². The maximum absolute atomic E-state index is 11.7. The highest BCUT2D eigenvalue weighted by atomic mass is 16.5. The van der Waals surface area contributed by atoms with Crippen LogP contribution in [0.25, 0.3) is 0 Å². The first-order valence-electron chi connectivity index (χ1n) is 5.80. The van der Waals surface area contributed by atoms with Gasteiger partial charge in [-0.25, -0.2) is 0 Å². The number of fused-ring (bicyclic) bond motifs is 1. The molecule has 2 atom stereocenters. The van der Waals surface area contributed by atoms with Crippen molar-refractivity contribution >= 4 is 5.78 Å². The Morgan fingerprint density at radius 2 is 2.47 bits per heavy atom. The van der Waals surface area contributed by atoms with Crippen LogP contribution in [-0.4, -0.2) is 42.5 Å². The predicted octanol–water partition coefficient (Wildman–Crippen LogP) is 1.38. The van der Waals surface area contributed by atoms with E-state index in [0.29, 0.717) is 12.5 Å². The topological polar surface area (TPSA) is 29.5 Å². The molecule has 0 radical (unpaired) electrons. The summed E-state index contributed by atoms with van der Waals surface area (Å²) in [4.78, 5) is 14.1. The number of carbonyl (C=O) groups is 1. The molecule has 2 aliphatic heterocycles. The summed E-state index contributed by atoms with van der Waals surface area (Å²) in [5.74, 6) is 0.236. The molecule has 2 aliphatic rings. The first-order chi connectivity index (χ1) is 7.31. The predicted molar refractivity (Wildman–Crippen MR) is 58.8 cm³/mol. The Kier molecular flexibility index (Phi) is 3.54. The van der Waals surface area contributed by atoms with Gasteiger partial charge in [-0.3, -0.25) is 9.69 Å². The molecule has 3 heteroatoms. The van der Waals surface area contributed by atoms with Gasteiger partial charge < -0.3 is 4.74 Å². The van der Waals surface area contributed by atoms with Gasteiger partial charge in [-0.05, 0) is 25.8 Å². The zero-order valence-corrected chi connectivity index (χ0v) is 9.15. The number of allylic oxidation sites excluding steroid dienone is 1. The first-order valence-corrected chi connectivity index (χ1v) is 5.80. The lowest BCUT2D eigenvalue weighted by atomic mass is 10.1. The molecule has 2 saturated heterocycles. The molecule has 0 amide bonds. The van der Waals surface area contributed by atoms with Gasteiger partial charge in [0, 0.05) is 19.0 Å². The summed E-state index contributed by atoms with van der Waals surface area (Å²) in [6.07, 6.45) is 5.43. The molecule has 2 heterocycles. The van der Waals surface area contributed by atoms with E-state index in [9.17, 15) is 4.79 Å². The van der Waals surface area contributed by atoms with E-state index in [1.165, 1.54) is 12.8 Å². The molecule has 0 N–H and O–H groups in total. The average Bonchev–Trinajstić information content (AvgIpc) is 2.72. The number of ether oxygens (including phenoxy) is 1. The number of morpholine rings is 1. The van der Waals surface area contributed by atoms with Crippen LogP contribution >= 0.6 is 0 Å². The number of ketones is 1. The van der Waals surface area contributed by atoms with Crippen molar-refractivity contribution < 1.29 is 9.53 Å². The van der Waals surface area contributed by atoms with Crippen LogP contribution in [0.15, 0.2) is 12.7 Å². The van der Waals surface area contributed by atoms with Gasteiger partial charge in [0.25, 0.3) is 0 Å². The number of rotatable bonds is 4. The van der Waals surface area contributed by atoms with E-state index < -0.39 is 0 Å². The Morgan fingerprint density at radius 1 is 1.60 bits per heavy atom. The highest BCUT2D eigenvalue weighted by molar-refractivity contribution is 5.83. The SMILES string of the molecule is C=CCCC(=O)C1CN2CCCC2CO1. The zero-order valence-electron chi connectivity index (χ0n) is 9.15. The minimum Gasteiger partial charge on any atom is -0.367 e. The maximum Gasteiger partial charge on any atom is 0.163 e. The second-order valence-electron chi connectivity index (χ2n) is 4.41. The summed E-state index contributed by atoms with van der Waals surface area (Å²) in [6, 6.07) is 0.577. The maximum atomic E-state index is 11.7. The fourth-order valence-corrected chi connectivity index (χ4v) is 2.42. The third-order valence-corrected chi connectivity index (χ3v) is 3.34. The van der Waals surface area contributed by atoms with Gasteiger partial charge in [0.15, 0.2) is 5.78 Å². The van der Waals surface area contributed by atoms with Crippen LogP contribution in [0.2, 0.25) is 0 Å². The lowest BCUT2D eigenvalue weighted by Crippen LogP contribution is -2.49. The van der Waals surface area contributed by atoms with E-state index in [-0.39, 0.29) is 11.9 Å². The van der Waals surface area contributed by atoms with Crippen molar-refractivity contribution in [3.05, 3.63) is 12.7 Å². The standard InChI is InChI=1S/C12H19NO2/c1-2-3-6-11(14)12-8-13-7-4-5-10(13)9-15-12/h2,10,12H,1,3-9H2. The molecule has 84 valence electrons. The molecule has 15 heavy (non-hydrogen) atoms. The fraction of sp³-hybridized carbons (Fsp3) is 0.750. The van der Waals surface area contributed by atoms with Gasteiger partial charge in [0.1, 0.15) is 6.10 Å². The summed E-state index contributed by atoms with van der Waals surface area (Å²) >= 11 is 0. The molecular formula is C12H19NO2. The van der Waals surface area contributed by atoms with Crippen LogP contribution in [0.5, 0.6) is 0 Å². The lowest BCUT2D eigenvalue weighted by molar-refractivity contribution is -0.138. The van der Waals surface area contributed by atoms with Crippen LogP contribution in [0.3, 0.4) is 0 Å². The molecule has 0 bridgehead atoms. The van der Waals surface area contributed by atoms with Gasteiger partial charge >= 0.3 is 0 Å². The van der Waals surface area contributed by atoms with E-state index in [4.69, 9.17) is 4.74 Å². The van der Waals surface area contributed by atoms with Gasteiger partial charge in [0.2, 0.25) is 0 Å². The van der Waals surface area contributed by atoms with Crippen molar-refractivity contribution in [3.63, 3.8) is 0 Å². The second-order valence-corrected chi connectivity index (χ2v) is 4.41. The van der Waals surface area contributed by atoms with Crippen molar-refractivity contribution in [3.8, 4) is 0 Å². The Labute approximate surface area is 91.1 Å². The van der Waals surface area contributed by atoms with Crippen LogP contribution in [0, 0.1) is 0 Å². The van der Waals surface area contributed by atoms with Gasteiger partial charge in [-0.2, -0.15) is 0 Å².